The molecule has 0 unspecified atom stereocenters. The van der Waals surface area contributed by atoms with E-state index < -0.39 is 0 Å². The lowest BCUT2D eigenvalue weighted by Crippen LogP contribution is -2.25. The number of amides is 1. The third-order valence-corrected chi connectivity index (χ3v) is 4.50. The number of carbonyl (C=O) groups is 1. The van der Waals surface area contributed by atoms with Crippen LogP contribution >= 0.6 is 11.5 Å². The molecule has 2 N–H and O–H groups in total. The van der Waals surface area contributed by atoms with Crippen LogP contribution < -0.4 is 5.32 Å². The molecule has 6 nitrogen and oxygen atoms in total. The second kappa shape index (κ2) is 6.82. The van der Waals surface area contributed by atoms with Crippen LogP contribution in [0, 0.1) is 0 Å². The summed E-state index contributed by atoms with van der Waals surface area (Å²) in [6.07, 6.45) is 4.45. The number of rotatable bonds is 5. The molecule has 0 saturated carbocycles. The molecule has 3 aromatic heterocycles. The summed E-state index contributed by atoms with van der Waals surface area (Å²) in [7, 11) is 0. The lowest BCUT2D eigenvalue weighted by atomic mass is 10.1. The monoisotopic (exact) mass is 349 g/mol. The van der Waals surface area contributed by atoms with Crippen molar-refractivity contribution in [3.63, 3.8) is 0 Å². The van der Waals surface area contributed by atoms with Crippen molar-refractivity contribution >= 4 is 28.5 Å². The highest BCUT2D eigenvalue weighted by atomic mass is 32.1. The van der Waals surface area contributed by atoms with Gasteiger partial charge < -0.3 is 10.3 Å². The summed E-state index contributed by atoms with van der Waals surface area (Å²) in [5.74, 6) is -0.0873. The Morgan fingerprint density at radius 1 is 1.20 bits per heavy atom. The highest BCUT2D eigenvalue weighted by Gasteiger charge is 2.08. The Hall–Kier alpha value is -3.06. The first-order chi connectivity index (χ1) is 12.3. The van der Waals surface area contributed by atoms with E-state index in [0.717, 1.165) is 34.3 Å². The fourth-order valence-corrected chi connectivity index (χ4v) is 3.16. The Morgan fingerprint density at radius 2 is 2.08 bits per heavy atom. The predicted molar refractivity (Wildman–Crippen MR) is 97.5 cm³/mol. The van der Waals surface area contributed by atoms with E-state index in [9.17, 15) is 4.79 Å². The third kappa shape index (κ3) is 3.27. The van der Waals surface area contributed by atoms with Crippen molar-refractivity contribution in [2.24, 2.45) is 0 Å². The number of nitrogens with zero attached hydrogens (tertiary/aromatic N) is 3. The van der Waals surface area contributed by atoms with Crippen LogP contribution in [0.15, 0.2) is 54.2 Å². The van der Waals surface area contributed by atoms with Crippen LogP contribution in [-0.4, -0.2) is 32.0 Å². The van der Waals surface area contributed by atoms with E-state index in [1.54, 1.807) is 18.3 Å². The zero-order chi connectivity index (χ0) is 17.1. The average molecular weight is 349 g/mol. The van der Waals surface area contributed by atoms with Gasteiger partial charge in [-0.3, -0.25) is 9.78 Å². The van der Waals surface area contributed by atoms with Gasteiger partial charge in [0.05, 0.1) is 11.0 Å². The first-order valence-electron chi connectivity index (χ1n) is 7.88. The number of fused-ring (bicyclic) bond motifs is 1. The summed E-state index contributed by atoms with van der Waals surface area (Å²) >= 11 is 1.31. The summed E-state index contributed by atoms with van der Waals surface area (Å²) in [6.45, 7) is 0.556. The Kier molecular flexibility index (Phi) is 4.22. The van der Waals surface area contributed by atoms with Gasteiger partial charge in [0.25, 0.3) is 5.91 Å². The third-order valence-electron chi connectivity index (χ3n) is 4.00. The van der Waals surface area contributed by atoms with Crippen LogP contribution in [-0.2, 0) is 6.42 Å². The molecule has 0 bridgehead atoms. The molecular weight excluding hydrogens is 334 g/mol. The van der Waals surface area contributed by atoms with E-state index >= 15 is 0 Å². The number of aromatic nitrogens is 4. The second-order valence-corrected chi connectivity index (χ2v) is 6.20. The lowest BCUT2D eigenvalue weighted by molar-refractivity contribution is 0.0954. The molecule has 124 valence electrons. The number of nitrogens with one attached hydrogen (secondary N) is 2. The van der Waals surface area contributed by atoms with Gasteiger partial charge in [-0.05, 0) is 47.8 Å². The van der Waals surface area contributed by atoms with Gasteiger partial charge in [0.1, 0.15) is 5.69 Å². The zero-order valence-corrected chi connectivity index (χ0v) is 14.1. The highest BCUT2D eigenvalue weighted by molar-refractivity contribution is 7.03. The molecule has 4 aromatic rings. The molecule has 4 rings (SSSR count). The number of aromatic amines is 1. The second-order valence-electron chi connectivity index (χ2n) is 5.59. The number of pyridine rings is 1. The molecule has 0 aliphatic rings. The Bertz CT molecular complexity index is 992. The molecule has 3 heterocycles. The Labute approximate surface area is 148 Å². The van der Waals surface area contributed by atoms with Crippen molar-refractivity contribution in [1.29, 1.82) is 0 Å². The smallest absolute Gasteiger partial charge is 0.251 e. The van der Waals surface area contributed by atoms with Gasteiger partial charge in [-0.1, -0.05) is 16.6 Å². The maximum absolute atomic E-state index is 12.3. The average Bonchev–Trinajstić information content (AvgIpc) is 3.32. The van der Waals surface area contributed by atoms with Gasteiger partial charge in [0, 0.05) is 35.4 Å². The van der Waals surface area contributed by atoms with Crippen LogP contribution in [0.2, 0.25) is 0 Å². The molecule has 0 spiro atoms. The summed E-state index contributed by atoms with van der Waals surface area (Å²) in [5, 5.41) is 8.85. The topological polar surface area (TPSA) is 83.6 Å². The van der Waals surface area contributed by atoms with Crippen LogP contribution in [0.3, 0.4) is 0 Å². The molecule has 7 heteroatoms. The first kappa shape index (κ1) is 15.5. The zero-order valence-electron chi connectivity index (χ0n) is 13.3. The maximum Gasteiger partial charge on any atom is 0.251 e. The van der Waals surface area contributed by atoms with Crippen LogP contribution in [0.5, 0.6) is 0 Å². The number of H-pyrrole nitrogens is 1. The fourth-order valence-electron chi connectivity index (χ4n) is 2.70. The summed E-state index contributed by atoms with van der Waals surface area (Å²) < 4.78 is 3.85. The van der Waals surface area contributed by atoms with Crippen LogP contribution in [0.4, 0.5) is 0 Å². The normalized spacial score (nSPS) is 10.9. The summed E-state index contributed by atoms with van der Waals surface area (Å²) in [6, 6.07) is 11.3. The standard InChI is InChI=1S/C18H15N5OS/c24-18(13-5-3-12(4-6-13)16-11-25-23-22-16)20-9-7-14-10-21-15-2-1-8-19-17(14)15/h1-6,8,10-11,21H,7,9H2,(H,20,24). The van der Waals surface area contributed by atoms with Gasteiger partial charge >= 0.3 is 0 Å². The minimum Gasteiger partial charge on any atom is -0.360 e. The molecule has 0 fully saturated rings. The summed E-state index contributed by atoms with van der Waals surface area (Å²) in [5.41, 5.74) is 5.47. The van der Waals surface area contributed by atoms with E-state index in [1.165, 1.54) is 11.5 Å². The minimum absolute atomic E-state index is 0.0873. The minimum atomic E-state index is -0.0873. The van der Waals surface area contributed by atoms with E-state index in [-0.39, 0.29) is 5.91 Å². The van der Waals surface area contributed by atoms with Crippen molar-refractivity contribution in [3.8, 4) is 11.3 Å². The molecule has 0 radical (unpaired) electrons. The van der Waals surface area contributed by atoms with E-state index in [0.29, 0.717) is 12.1 Å². The number of hydrogen-bond donors (Lipinski definition) is 2. The Morgan fingerprint density at radius 3 is 2.88 bits per heavy atom. The SMILES string of the molecule is O=C(NCCc1c[nH]c2cccnc12)c1ccc(-c2csnn2)cc1. The highest BCUT2D eigenvalue weighted by Crippen LogP contribution is 2.18. The van der Waals surface area contributed by atoms with Crippen molar-refractivity contribution in [3.05, 3.63) is 65.3 Å². The largest absolute Gasteiger partial charge is 0.360 e. The van der Waals surface area contributed by atoms with Crippen molar-refractivity contribution < 1.29 is 4.79 Å². The van der Waals surface area contributed by atoms with E-state index in [4.69, 9.17) is 0 Å². The number of benzene rings is 1. The molecule has 1 aromatic carbocycles. The molecule has 1 amide bonds. The molecule has 0 atom stereocenters. The van der Waals surface area contributed by atoms with Crippen LogP contribution in [0.25, 0.3) is 22.3 Å². The molecule has 0 saturated heterocycles. The Balaban J connectivity index is 1.37. The lowest BCUT2D eigenvalue weighted by Gasteiger charge is -2.05. The van der Waals surface area contributed by atoms with Gasteiger partial charge in [-0.2, -0.15) is 0 Å². The van der Waals surface area contributed by atoms with E-state index in [1.807, 2.05) is 35.8 Å². The quantitative estimate of drug-likeness (QED) is 0.580. The predicted octanol–water partition coefficient (Wildman–Crippen LogP) is 3.05. The fraction of sp³-hybridized carbons (Fsp3) is 0.111. The molecule has 0 aliphatic carbocycles. The van der Waals surface area contributed by atoms with Gasteiger partial charge in [-0.25, -0.2) is 0 Å². The maximum atomic E-state index is 12.3. The van der Waals surface area contributed by atoms with Crippen molar-refractivity contribution in [2.75, 3.05) is 6.54 Å². The van der Waals surface area contributed by atoms with Gasteiger partial charge in [0.15, 0.2) is 0 Å². The van der Waals surface area contributed by atoms with Crippen LogP contribution in [0.1, 0.15) is 15.9 Å². The number of carbonyl (C=O) groups excluding carboxylic acids is 1. The van der Waals surface area contributed by atoms with Gasteiger partial charge in [0.2, 0.25) is 0 Å². The summed E-state index contributed by atoms with van der Waals surface area (Å²) in [4.78, 5) is 19.8. The number of hydrogen-bond acceptors (Lipinski definition) is 5. The van der Waals surface area contributed by atoms with Crippen molar-refractivity contribution in [2.45, 2.75) is 6.42 Å². The molecule has 0 aliphatic heterocycles. The van der Waals surface area contributed by atoms with E-state index in [2.05, 4.69) is 24.9 Å². The van der Waals surface area contributed by atoms with Crippen molar-refractivity contribution in [1.82, 2.24) is 24.9 Å². The first-order valence-corrected chi connectivity index (χ1v) is 8.71. The van der Waals surface area contributed by atoms with Gasteiger partial charge in [-0.15, -0.1) is 5.10 Å². The molecule has 25 heavy (non-hydrogen) atoms. The molecular formula is C18H15N5OS.